The molecule has 7 nitrogen and oxygen atoms in total. The van der Waals surface area contributed by atoms with Crippen molar-refractivity contribution in [2.45, 2.75) is 12.8 Å². The Morgan fingerprint density at radius 2 is 1.58 bits per heavy atom. The van der Waals surface area contributed by atoms with Crippen LogP contribution in [0.4, 0.5) is 0 Å². The number of esters is 1. The average molecular weight is 421 g/mol. The van der Waals surface area contributed by atoms with E-state index in [2.05, 4.69) is 4.99 Å². The summed E-state index contributed by atoms with van der Waals surface area (Å²) in [5, 5.41) is 0. The predicted molar refractivity (Wildman–Crippen MR) is 115 cm³/mol. The van der Waals surface area contributed by atoms with Crippen LogP contribution in [-0.4, -0.2) is 45.9 Å². The van der Waals surface area contributed by atoms with Gasteiger partial charge >= 0.3 is 5.97 Å². The topological polar surface area (TPSA) is 83.4 Å². The Hall–Kier alpha value is -3.61. The Labute approximate surface area is 180 Å². The molecule has 0 bridgehead atoms. The highest BCUT2D eigenvalue weighted by Crippen LogP contribution is 2.52. The summed E-state index contributed by atoms with van der Waals surface area (Å²) in [6, 6.07) is 10.9. The molecule has 1 unspecified atom stereocenters. The molecular weight excluding hydrogens is 398 g/mol. The van der Waals surface area contributed by atoms with E-state index in [9.17, 15) is 9.59 Å². The van der Waals surface area contributed by atoms with Gasteiger partial charge in [0.25, 0.3) is 0 Å². The first-order chi connectivity index (χ1) is 15.0. The molecule has 0 fully saturated rings. The fourth-order valence-electron chi connectivity index (χ4n) is 4.49. The lowest BCUT2D eigenvalue weighted by atomic mass is 9.74. The first kappa shape index (κ1) is 20.7. The van der Waals surface area contributed by atoms with Crippen LogP contribution in [0.5, 0.6) is 17.2 Å². The van der Waals surface area contributed by atoms with Crippen LogP contribution in [0, 0.1) is 5.92 Å². The van der Waals surface area contributed by atoms with Crippen molar-refractivity contribution in [3.63, 3.8) is 0 Å². The van der Waals surface area contributed by atoms with Gasteiger partial charge in [-0.1, -0.05) is 30.3 Å². The van der Waals surface area contributed by atoms with Gasteiger partial charge < -0.3 is 18.9 Å². The van der Waals surface area contributed by atoms with Crippen LogP contribution in [0.3, 0.4) is 0 Å². The molecule has 2 aromatic rings. The van der Waals surface area contributed by atoms with Gasteiger partial charge in [0.2, 0.25) is 5.75 Å². The summed E-state index contributed by atoms with van der Waals surface area (Å²) in [7, 11) is 5.88. The molecule has 2 aliphatic rings. The zero-order chi connectivity index (χ0) is 22.3. The molecule has 160 valence electrons. The van der Waals surface area contributed by atoms with E-state index in [1.807, 2.05) is 18.2 Å². The van der Waals surface area contributed by atoms with Crippen LogP contribution in [-0.2, 0) is 9.53 Å². The maximum Gasteiger partial charge on any atom is 0.315 e. The van der Waals surface area contributed by atoms with Gasteiger partial charge in [-0.15, -0.1) is 0 Å². The van der Waals surface area contributed by atoms with Crippen molar-refractivity contribution in [3.8, 4) is 17.2 Å². The van der Waals surface area contributed by atoms with Crippen molar-refractivity contribution >= 4 is 23.2 Å². The third-order valence-electron chi connectivity index (χ3n) is 5.83. The molecule has 0 amide bonds. The molecule has 1 aliphatic heterocycles. The monoisotopic (exact) mass is 421 g/mol. The van der Waals surface area contributed by atoms with Gasteiger partial charge in [-0.3, -0.25) is 14.6 Å². The lowest BCUT2D eigenvalue weighted by molar-refractivity contribution is -0.143. The van der Waals surface area contributed by atoms with E-state index < -0.39 is 17.8 Å². The number of rotatable bonds is 5. The summed E-state index contributed by atoms with van der Waals surface area (Å²) in [5.41, 5.74) is 3.55. The molecule has 7 heteroatoms. The maximum atomic E-state index is 13.5. The minimum atomic E-state index is -0.783. The minimum absolute atomic E-state index is 0.155. The van der Waals surface area contributed by atoms with Gasteiger partial charge in [0, 0.05) is 33.9 Å². The van der Waals surface area contributed by atoms with Gasteiger partial charge in [-0.05, 0) is 13.0 Å². The Balaban J connectivity index is 2.02. The molecule has 2 atom stereocenters. The number of carbonyl (C=O) groups excluding carboxylic acids is 2. The summed E-state index contributed by atoms with van der Waals surface area (Å²) in [5.74, 6) is -0.809. The standard InChI is InChI=1S/C24H23NO6/c1-12-17(24(27)31-5)18(15-10-11-16(28-2)23(30-4)22(15)29-3)19-20(25-12)13-8-6-7-9-14(13)21(19)26/h6-11,17-18H,1-5H3/t17?,18-/m0/s1. The maximum absolute atomic E-state index is 13.5. The number of nitrogens with zero attached hydrogens (tertiary/aromatic N) is 1. The smallest absolute Gasteiger partial charge is 0.315 e. The molecule has 0 radical (unpaired) electrons. The highest BCUT2D eigenvalue weighted by Gasteiger charge is 2.47. The number of benzene rings is 2. The molecular formula is C24H23NO6. The molecule has 1 heterocycles. The number of fused-ring (bicyclic) bond motifs is 2. The molecule has 0 saturated heterocycles. The van der Waals surface area contributed by atoms with E-state index in [-0.39, 0.29) is 5.78 Å². The van der Waals surface area contributed by atoms with E-state index >= 15 is 0 Å². The van der Waals surface area contributed by atoms with E-state index in [4.69, 9.17) is 18.9 Å². The SMILES string of the molecule is COC(=O)C1C(C)=NC2=C(C(=O)c3ccccc32)[C@H]1c1ccc(OC)c(OC)c1OC. The third kappa shape index (κ3) is 3.00. The van der Waals surface area contributed by atoms with Crippen molar-refractivity contribution in [3.05, 3.63) is 58.7 Å². The molecule has 0 saturated carbocycles. The number of ether oxygens (including phenoxy) is 4. The van der Waals surface area contributed by atoms with Crippen LogP contribution < -0.4 is 14.2 Å². The number of ketones is 1. The molecule has 1 aliphatic carbocycles. The third-order valence-corrected chi connectivity index (χ3v) is 5.83. The minimum Gasteiger partial charge on any atom is -0.493 e. The predicted octanol–water partition coefficient (Wildman–Crippen LogP) is 3.67. The van der Waals surface area contributed by atoms with Gasteiger partial charge in [0.1, 0.15) is 5.92 Å². The van der Waals surface area contributed by atoms with E-state index in [1.165, 1.54) is 28.4 Å². The second-order valence-corrected chi connectivity index (χ2v) is 7.29. The summed E-state index contributed by atoms with van der Waals surface area (Å²) < 4.78 is 21.7. The van der Waals surface area contributed by atoms with Crippen LogP contribution in [0.1, 0.15) is 34.3 Å². The fourth-order valence-corrected chi connectivity index (χ4v) is 4.49. The summed E-state index contributed by atoms with van der Waals surface area (Å²) in [6.07, 6.45) is 0. The van der Waals surface area contributed by atoms with Crippen molar-refractivity contribution in [2.24, 2.45) is 10.9 Å². The highest BCUT2D eigenvalue weighted by molar-refractivity contribution is 6.24. The van der Waals surface area contributed by atoms with E-state index in [0.717, 1.165) is 5.56 Å². The molecule has 0 N–H and O–H groups in total. The largest absolute Gasteiger partial charge is 0.493 e. The Morgan fingerprint density at radius 3 is 2.19 bits per heavy atom. The second kappa shape index (κ2) is 7.91. The van der Waals surface area contributed by atoms with Crippen LogP contribution >= 0.6 is 0 Å². The summed E-state index contributed by atoms with van der Waals surface area (Å²) in [6.45, 7) is 1.77. The Morgan fingerprint density at radius 1 is 0.903 bits per heavy atom. The fraction of sp³-hybridized carbons (Fsp3) is 0.292. The second-order valence-electron chi connectivity index (χ2n) is 7.29. The molecule has 0 aromatic heterocycles. The van der Waals surface area contributed by atoms with Crippen LogP contribution in [0.2, 0.25) is 0 Å². The van der Waals surface area contributed by atoms with E-state index in [1.54, 1.807) is 25.1 Å². The summed E-state index contributed by atoms with van der Waals surface area (Å²) in [4.78, 5) is 31.0. The number of hydrogen-bond acceptors (Lipinski definition) is 7. The van der Waals surface area contributed by atoms with Gasteiger partial charge in [0.15, 0.2) is 17.3 Å². The first-order valence-corrected chi connectivity index (χ1v) is 9.78. The lowest BCUT2D eigenvalue weighted by Gasteiger charge is -2.31. The van der Waals surface area contributed by atoms with Crippen molar-refractivity contribution in [1.29, 1.82) is 0 Å². The number of aliphatic imine (C=N–C) groups is 1. The van der Waals surface area contributed by atoms with E-state index in [0.29, 0.717) is 45.4 Å². The van der Waals surface area contributed by atoms with Gasteiger partial charge in [-0.25, -0.2) is 0 Å². The Kier molecular flexibility index (Phi) is 5.27. The number of methoxy groups -OCH3 is 4. The first-order valence-electron chi connectivity index (χ1n) is 9.78. The number of allylic oxidation sites excluding steroid dienone is 1. The van der Waals surface area contributed by atoms with Crippen molar-refractivity contribution < 1.29 is 28.5 Å². The lowest BCUT2D eigenvalue weighted by Crippen LogP contribution is -2.34. The molecule has 4 rings (SSSR count). The molecule has 0 spiro atoms. The van der Waals surface area contributed by atoms with Crippen molar-refractivity contribution in [2.75, 3.05) is 28.4 Å². The number of Topliss-reactive ketones (excluding diaryl/α,β-unsaturated/α-hetero) is 1. The highest BCUT2D eigenvalue weighted by atomic mass is 16.5. The summed E-state index contributed by atoms with van der Waals surface area (Å²) >= 11 is 0. The zero-order valence-electron chi connectivity index (χ0n) is 18.0. The van der Waals surface area contributed by atoms with Gasteiger partial charge in [0.05, 0.1) is 34.1 Å². The van der Waals surface area contributed by atoms with Crippen LogP contribution in [0.25, 0.3) is 5.70 Å². The quantitative estimate of drug-likeness (QED) is 0.685. The van der Waals surface area contributed by atoms with Crippen molar-refractivity contribution in [1.82, 2.24) is 0 Å². The number of hydrogen-bond donors (Lipinski definition) is 0. The Bertz CT molecular complexity index is 1150. The number of carbonyl (C=O) groups is 2. The van der Waals surface area contributed by atoms with Crippen LogP contribution in [0.15, 0.2) is 47.0 Å². The van der Waals surface area contributed by atoms with Gasteiger partial charge in [-0.2, -0.15) is 0 Å². The zero-order valence-corrected chi connectivity index (χ0v) is 18.0. The molecule has 2 aromatic carbocycles. The molecule has 31 heavy (non-hydrogen) atoms. The average Bonchev–Trinajstić information content (AvgIpc) is 3.08. The normalized spacial score (nSPS) is 19.4.